The van der Waals surface area contributed by atoms with Crippen molar-refractivity contribution in [2.45, 2.75) is 50.7 Å². The van der Waals surface area contributed by atoms with E-state index in [9.17, 15) is 9.59 Å². The van der Waals surface area contributed by atoms with Gasteiger partial charge in [-0.3, -0.25) is 9.59 Å². The van der Waals surface area contributed by atoms with Crippen molar-refractivity contribution in [2.24, 2.45) is 29.1 Å². The van der Waals surface area contributed by atoms with Gasteiger partial charge in [-0.1, -0.05) is 60.7 Å². The highest BCUT2D eigenvalue weighted by Crippen LogP contribution is 2.76. The van der Waals surface area contributed by atoms with Crippen LogP contribution in [0.1, 0.15) is 64.8 Å². The van der Waals surface area contributed by atoms with Crippen LogP contribution in [0.15, 0.2) is 78.9 Å². The second-order valence-corrected chi connectivity index (χ2v) is 12.5. The Morgan fingerprint density at radius 3 is 2.41 bits per heavy atom. The third kappa shape index (κ3) is 3.19. The van der Waals surface area contributed by atoms with Crippen molar-refractivity contribution in [1.29, 1.82) is 0 Å². The summed E-state index contributed by atoms with van der Waals surface area (Å²) >= 11 is 0. The van der Waals surface area contributed by atoms with Crippen LogP contribution in [0, 0.1) is 36.0 Å². The molecule has 39 heavy (non-hydrogen) atoms. The number of benzene rings is 3. The van der Waals surface area contributed by atoms with E-state index < -0.39 is 5.41 Å². The van der Waals surface area contributed by atoms with Gasteiger partial charge in [-0.05, 0) is 85.3 Å². The van der Waals surface area contributed by atoms with Crippen LogP contribution in [0.4, 0.5) is 5.69 Å². The number of fused-ring (bicyclic) bond motifs is 4. The molecule has 5 heteroatoms. The first-order chi connectivity index (χ1) is 19.1. The highest BCUT2D eigenvalue weighted by molar-refractivity contribution is 5.96. The molecule has 3 unspecified atom stereocenters. The van der Waals surface area contributed by atoms with E-state index in [1.807, 2.05) is 30.3 Å². The Morgan fingerprint density at radius 1 is 0.872 bits per heavy atom. The molecule has 6 aliphatic rings. The zero-order valence-corrected chi connectivity index (χ0v) is 22.3. The lowest BCUT2D eigenvalue weighted by molar-refractivity contribution is -0.141. The van der Waals surface area contributed by atoms with Gasteiger partial charge in [-0.15, -0.1) is 0 Å². The van der Waals surface area contributed by atoms with Crippen LogP contribution in [-0.2, 0) is 4.79 Å². The van der Waals surface area contributed by atoms with Crippen molar-refractivity contribution < 1.29 is 9.59 Å². The van der Waals surface area contributed by atoms with Crippen molar-refractivity contribution >= 4 is 17.5 Å². The lowest BCUT2D eigenvalue weighted by Crippen LogP contribution is -2.54. The molecule has 4 aliphatic carbocycles. The van der Waals surface area contributed by atoms with Crippen LogP contribution < -0.4 is 10.6 Å². The van der Waals surface area contributed by atoms with E-state index in [4.69, 9.17) is 0 Å². The summed E-state index contributed by atoms with van der Waals surface area (Å²) in [5.74, 6) is 1.78. The van der Waals surface area contributed by atoms with Crippen molar-refractivity contribution in [3.63, 3.8) is 0 Å². The van der Waals surface area contributed by atoms with Gasteiger partial charge >= 0.3 is 0 Å². The largest absolute Gasteiger partial charge is 0.378 e. The Hall–Kier alpha value is -3.60. The molecule has 5 nitrogen and oxygen atoms in total. The summed E-state index contributed by atoms with van der Waals surface area (Å²) in [6.45, 7) is 2.96. The third-order valence-corrected chi connectivity index (χ3v) is 10.9. The Morgan fingerprint density at radius 2 is 1.62 bits per heavy atom. The molecule has 8 atom stereocenters. The van der Waals surface area contributed by atoms with Gasteiger partial charge in [0.15, 0.2) is 0 Å². The molecule has 4 bridgehead atoms. The minimum Gasteiger partial charge on any atom is -0.378 e. The zero-order valence-electron chi connectivity index (χ0n) is 22.3. The maximum atomic E-state index is 14.9. The van der Waals surface area contributed by atoms with Crippen molar-refractivity contribution in [3.05, 3.63) is 101 Å². The summed E-state index contributed by atoms with van der Waals surface area (Å²) in [7, 11) is 0. The summed E-state index contributed by atoms with van der Waals surface area (Å²) in [6.07, 6.45) is 4.28. The van der Waals surface area contributed by atoms with Crippen LogP contribution >= 0.6 is 0 Å². The van der Waals surface area contributed by atoms with Gasteiger partial charge < -0.3 is 15.5 Å². The zero-order chi connectivity index (χ0) is 26.3. The Bertz CT molecular complexity index is 1460. The summed E-state index contributed by atoms with van der Waals surface area (Å²) in [4.78, 5) is 30.4. The van der Waals surface area contributed by atoms with Crippen LogP contribution in [0.3, 0.4) is 0 Å². The molecule has 4 saturated carbocycles. The number of hydrogen-bond acceptors (Lipinski definition) is 3. The Labute approximate surface area is 230 Å². The van der Waals surface area contributed by atoms with E-state index in [-0.39, 0.29) is 24.0 Å². The number of hydrogen-bond donors (Lipinski definition) is 2. The molecule has 3 aromatic rings. The first kappa shape index (κ1) is 23.3. The number of para-hydroxylation sites is 1. The quantitative estimate of drug-likeness (QED) is 0.453. The predicted octanol–water partition coefficient (Wildman–Crippen LogP) is 5.90. The number of rotatable bonds is 4. The Balaban J connectivity index is 1.15. The number of carbonyl (C=O) groups is 2. The van der Waals surface area contributed by atoms with Gasteiger partial charge in [0.2, 0.25) is 5.91 Å². The highest BCUT2D eigenvalue weighted by atomic mass is 16.2. The fourth-order valence-corrected chi connectivity index (χ4v) is 9.30. The molecule has 2 heterocycles. The molecular weight excluding hydrogens is 482 g/mol. The van der Waals surface area contributed by atoms with Crippen molar-refractivity contribution in [2.75, 3.05) is 11.9 Å². The lowest BCUT2D eigenvalue weighted by atomic mass is 9.75. The van der Waals surface area contributed by atoms with Crippen LogP contribution in [0.2, 0.25) is 0 Å². The maximum Gasteiger partial charge on any atom is 0.251 e. The summed E-state index contributed by atoms with van der Waals surface area (Å²) in [5, 5.41) is 7.26. The summed E-state index contributed by atoms with van der Waals surface area (Å²) in [6, 6.07) is 26.8. The van der Waals surface area contributed by atoms with E-state index in [0.29, 0.717) is 35.1 Å². The molecule has 5 fully saturated rings. The van der Waals surface area contributed by atoms with E-state index in [0.717, 1.165) is 37.9 Å². The predicted molar refractivity (Wildman–Crippen MR) is 151 cm³/mol. The molecule has 0 aromatic heterocycles. The van der Waals surface area contributed by atoms with Crippen molar-refractivity contribution in [1.82, 2.24) is 10.2 Å². The molecular formula is C34H35N3O2. The molecule has 0 spiro atoms. The fourth-order valence-electron chi connectivity index (χ4n) is 9.30. The van der Waals surface area contributed by atoms with Gasteiger partial charge in [-0.25, -0.2) is 0 Å². The molecule has 198 valence electrons. The van der Waals surface area contributed by atoms with E-state index in [1.54, 1.807) is 0 Å². The third-order valence-electron chi connectivity index (χ3n) is 10.9. The fraction of sp³-hybridized carbons (Fsp3) is 0.412. The number of likely N-dealkylation sites (tertiary alicyclic amines) is 1. The van der Waals surface area contributed by atoms with Gasteiger partial charge in [0, 0.05) is 29.8 Å². The number of nitrogens with zero attached hydrogens (tertiary/aromatic N) is 1. The molecule has 9 rings (SSSR count). The molecule has 0 radical (unpaired) electrons. The number of aryl methyl sites for hydroxylation is 1. The number of nitrogens with one attached hydrogen (secondary N) is 2. The molecule has 1 saturated heterocycles. The Kier molecular flexibility index (Phi) is 5.05. The van der Waals surface area contributed by atoms with E-state index in [2.05, 4.69) is 71.0 Å². The maximum absolute atomic E-state index is 14.9. The summed E-state index contributed by atoms with van der Waals surface area (Å²) in [5.41, 5.74) is 5.23. The molecule has 2 amide bonds. The molecule has 2 N–H and O–H groups in total. The van der Waals surface area contributed by atoms with Crippen molar-refractivity contribution in [3.8, 4) is 0 Å². The van der Waals surface area contributed by atoms with Crippen LogP contribution in [0.25, 0.3) is 0 Å². The molecule has 2 aliphatic heterocycles. The van der Waals surface area contributed by atoms with Gasteiger partial charge in [0.05, 0.1) is 17.5 Å². The minimum atomic E-state index is -0.430. The smallest absolute Gasteiger partial charge is 0.251 e. The first-order valence-corrected chi connectivity index (χ1v) is 14.7. The van der Waals surface area contributed by atoms with Gasteiger partial charge in [0.25, 0.3) is 5.91 Å². The molecule has 3 aromatic carbocycles. The topological polar surface area (TPSA) is 61.4 Å². The lowest BCUT2D eigenvalue weighted by Gasteiger charge is -2.43. The number of anilines is 1. The van der Waals surface area contributed by atoms with Gasteiger partial charge in [-0.2, -0.15) is 0 Å². The monoisotopic (exact) mass is 517 g/mol. The number of amides is 2. The first-order valence-electron chi connectivity index (χ1n) is 14.7. The van der Waals surface area contributed by atoms with Gasteiger partial charge in [0.1, 0.15) is 0 Å². The average Bonchev–Trinajstić information content (AvgIpc) is 3.28. The van der Waals surface area contributed by atoms with E-state index in [1.165, 1.54) is 16.7 Å². The van der Waals surface area contributed by atoms with Crippen LogP contribution in [-0.4, -0.2) is 29.3 Å². The minimum absolute atomic E-state index is 0.0443. The summed E-state index contributed by atoms with van der Waals surface area (Å²) < 4.78 is 0. The normalized spacial score (nSPS) is 35.0. The average molecular weight is 518 g/mol. The standard InChI is InChI=1S/C34H35N3O2/c1-20-9-5-6-12-23(20)29-25-17-18-37(30(25)24-13-7-8-14-28(24)35-29)33(39)34-26-16-15-22(19-27(26)34)31(34)36-32(38)21-10-3-2-4-11-21/h2-14,22,25-27,29-31,35H,15-19H2,1H3,(H,36,38)/t22?,25-,26?,27?,29+,30+,31-,34+/m1/s1. The second kappa shape index (κ2) is 8.45. The number of carbonyl (C=O) groups excluding carboxylic acids is 2. The second-order valence-electron chi connectivity index (χ2n) is 12.5. The van der Waals surface area contributed by atoms with Crippen LogP contribution in [0.5, 0.6) is 0 Å². The highest BCUT2D eigenvalue weighted by Gasteiger charge is 2.80. The van der Waals surface area contributed by atoms with E-state index >= 15 is 0 Å². The SMILES string of the molecule is Cc1ccccc1[C@@H]1Nc2ccccc2[C@H]2[C@@H]1CCN2C(=O)[C@@]12C3CCC(CC31)[C@H]2NC(=O)c1ccccc1.